The lowest BCUT2D eigenvalue weighted by molar-refractivity contribution is 0.226. The van der Waals surface area contributed by atoms with Crippen LogP contribution in [0.15, 0.2) is 6.20 Å². The normalized spacial score (nSPS) is 11.6. The van der Waals surface area contributed by atoms with Crippen LogP contribution in [0.5, 0.6) is 0 Å². The monoisotopic (exact) mass is 247 g/mol. The molecule has 0 aliphatic carbocycles. The first kappa shape index (κ1) is 15.3. The predicted molar refractivity (Wildman–Crippen MR) is 67.5 cm³/mol. The molecule has 0 bridgehead atoms. The van der Waals surface area contributed by atoms with Crippen molar-refractivity contribution in [3.05, 3.63) is 11.9 Å². The van der Waals surface area contributed by atoms with Gasteiger partial charge in [0.1, 0.15) is 0 Å². The number of nitrogens with two attached hydrogens (primary N) is 1. The SMILES string of the molecule is CCN(Cc1cn(C)nn1)CC(C)(C)N.Cl. The minimum Gasteiger partial charge on any atom is -0.324 e. The molecule has 2 N–H and O–H groups in total. The number of hydrogen-bond acceptors (Lipinski definition) is 4. The Balaban J connectivity index is 0.00000225. The van der Waals surface area contributed by atoms with Crippen LogP contribution in [0.3, 0.4) is 0 Å². The molecular weight excluding hydrogens is 226 g/mol. The average molecular weight is 248 g/mol. The fourth-order valence-corrected chi connectivity index (χ4v) is 1.55. The summed E-state index contributed by atoms with van der Waals surface area (Å²) in [6.07, 6.45) is 1.94. The Hall–Kier alpha value is -0.650. The zero-order chi connectivity index (χ0) is 11.5. The van der Waals surface area contributed by atoms with Crippen LogP contribution in [0, 0.1) is 0 Å². The number of aromatic nitrogens is 3. The largest absolute Gasteiger partial charge is 0.324 e. The minimum absolute atomic E-state index is 0. The van der Waals surface area contributed by atoms with E-state index in [1.807, 2.05) is 27.1 Å². The van der Waals surface area contributed by atoms with Gasteiger partial charge in [0.05, 0.1) is 5.69 Å². The molecule has 0 aromatic carbocycles. The third kappa shape index (κ3) is 5.44. The Morgan fingerprint density at radius 1 is 1.50 bits per heavy atom. The van der Waals surface area contributed by atoms with E-state index in [1.54, 1.807) is 4.68 Å². The number of halogens is 1. The van der Waals surface area contributed by atoms with Crippen molar-refractivity contribution in [2.24, 2.45) is 12.8 Å². The lowest BCUT2D eigenvalue weighted by Gasteiger charge is -2.28. The van der Waals surface area contributed by atoms with E-state index in [0.717, 1.165) is 25.3 Å². The molecule has 0 atom stereocenters. The summed E-state index contributed by atoms with van der Waals surface area (Å²) in [4.78, 5) is 2.27. The molecule has 0 aliphatic rings. The highest BCUT2D eigenvalue weighted by Crippen LogP contribution is 2.05. The summed E-state index contributed by atoms with van der Waals surface area (Å²) >= 11 is 0. The van der Waals surface area contributed by atoms with Crippen LogP contribution in [0.25, 0.3) is 0 Å². The van der Waals surface area contributed by atoms with E-state index in [9.17, 15) is 0 Å². The molecule has 0 fully saturated rings. The van der Waals surface area contributed by atoms with Gasteiger partial charge in [-0.05, 0) is 20.4 Å². The van der Waals surface area contributed by atoms with Crippen molar-refractivity contribution in [3.8, 4) is 0 Å². The molecule has 5 nitrogen and oxygen atoms in total. The Kier molecular flexibility index (Phi) is 5.92. The molecule has 0 saturated carbocycles. The fourth-order valence-electron chi connectivity index (χ4n) is 1.55. The first-order chi connectivity index (χ1) is 6.90. The number of nitrogens with zero attached hydrogens (tertiary/aromatic N) is 4. The summed E-state index contributed by atoms with van der Waals surface area (Å²) in [5.74, 6) is 0. The van der Waals surface area contributed by atoms with Gasteiger partial charge in [-0.3, -0.25) is 9.58 Å². The molecule has 0 radical (unpaired) electrons. The van der Waals surface area contributed by atoms with E-state index >= 15 is 0 Å². The zero-order valence-corrected chi connectivity index (χ0v) is 11.3. The van der Waals surface area contributed by atoms with E-state index in [2.05, 4.69) is 22.1 Å². The van der Waals surface area contributed by atoms with Crippen molar-refractivity contribution in [2.45, 2.75) is 32.9 Å². The Morgan fingerprint density at radius 3 is 2.50 bits per heavy atom. The molecule has 6 heteroatoms. The molecule has 1 heterocycles. The minimum atomic E-state index is -0.168. The first-order valence-electron chi connectivity index (χ1n) is 5.27. The van der Waals surface area contributed by atoms with Gasteiger partial charge in [0.15, 0.2) is 0 Å². The molecule has 0 unspecified atom stereocenters. The number of rotatable bonds is 5. The average Bonchev–Trinajstić information content (AvgIpc) is 2.47. The summed E-state index contributed by atoms with van der Waals surface area (Å²) in [6, 6.07) is 0. The number of aryl methyl sites for hydroxylation is 1. The van der Waals surface area contributed by atoms with Crippen molar-refractivity contribution >= 4 is 12.4 Å². The zero-order valence-electron chi connectivity index (χ0n) is 10.5. The van der Waals surface area contributed by atoms with Gasteiger partial charge in [-0.25, -0.2) is 0 Å². The van der Waals surface area contributed by atoms with Gasteiger partial charge in [0.2, 0.25) is 0 Å². The van der Waals surface area contributed by atoms with E-state index in [0.29, 0.717) is 0 Å². The highest BCUT2D eigenvalue weighted by atomic mass is 35.5. The molecule has 1 rings (SSSR count). The lowest BCUT2D eigenvalue weighted by atomic mass is 10.1. The van der Waals surface area contributed by atoms with Gasteiger partial charge in [-0.2, -0.15) is 0 Å². The van der Waals surface area contributed by atoms with Gasteiger partial charge >= 0.3 is 0 Å². The van der Waals surface area contributed by atoms with Crippen LogP contribution in [0.1, 0.15) is 26.5 Å². The third-order valence-corrected chi connectivity index (χ3v) is 2.11. The molecule has 1 aromatic heterocycles. The van der Waals surface area contributed by atoms with Crippen molar-refractivity contribution < 1.29 is 0 Å². The second kappa shape index (κ2) is 6.18. The first-order valence-corrected chi connectivity index (χ1v) is 5.27. The van der Waals surface area contributed by atoms with Crippen LogP contribution in [-0.4, -0.2) is 38.5 Å². The van der Waals surface area contributed by atoms with Crippen molar-refractivity contribution in [1.82, 2.24) is 19.9 Å². The summed E-state index contributed by atoms with van der Waals surface area (Å²) in [5, 5.41) is 7.97. The molecule has 0 saturated heterocycles. The summed E-state index contributed by atoms with van der Waals surface area (Å²) in [5.41, 5.74) is 6.81. The second-order valence-electron chi connectivity index (χ2n) is 4.68. The van der Waals surface area contributed by atoms with Crippen LogP contribution < -0.4 is 5.73 Å². The van der Waals surface area contributed by atoms with Crippen LogP contribution in [0.4, 0.5) is 0 Å². The van der Waals surface area contributed by atoms with E-state index in [1.165, 1.54) is 0 Å². The molecule has 0 amide bonds. The van der Waals surface area contributed by atoms with Crippen molar-refractivity contribution in [2.75, 3.05) is 13.1 Å². The Labute approximate surface area is 103 Å². The number of hydrogen-bond donors (Lipinski definition) is 1. The highest BCUT2D eigenvalue weighted by molar-refractivity contribution is 5.85. The quantitative estimate of drug-likeness (QED) is 0.836. The maximum absolute atomic E-state index is 5.99. The van der Waals surface area contributed by atoms with Gasteiger partial charge in [0.25, 0.3) is 0 Å². The fraction of sp³-hybridized carbons (Fsp3) is 0.800. The maximum Gasteiger partial charge on any atom is 0.0967 e. The third-order valence-electron chi connectivity index (χ3n) is 2.11. The van der Waals surface area contributed by atoms with Crippen LogP contribution in [-0.2, 0) is 13.6 Å². The smallest absolute Gasteiger partial charge is 0.0967 e. The van der Waals surface area contributed by atoms with Crippen LogP contribution >= 0.6 is 12.4 Å². The molecule has 1 aromatic rings. The lowest BCUT2D eigenvalue weighted by Crippen LogP contribution is -2.45. The van der Waals surface area contributed by atoms with Crippen LogP contribution in [0.2, 0.25) is 0 Å². The summed E-state index contributed by atoms with van der Waals surface area (Å²) < 4.78 is 1.72. The van der Waals surface area contributed by atoms with Crippen molar-refractivity contribution in [1.29, 1.82) is 0 Å². The summed E-state index contributed by atoms with van der Waals surface area (Å²) in [6.45, 7) is 8.84. The molecule has 94 valence electrons. The molecule has 0 aliphatic heterocycles. The van der Waals surface area contributed by atoms with Gasteiger partial charge in [-0.1, -0.05) is 12.1 Å². The van der Waals surface area contributed by atoms with Crippen molar-refractivity contribution in [3.63, 3.8) is 0 Å². The van der Waals surface area contributed by atoms with E-state index in [4.69, 9.17) is 5.73 Å². The Morgan fingerprint density at radius 2 is 2.12 bits per heavy atom. The molecular formula is C10H22ClN5. The maximum atomic E-state index is 5.99. The van der Waals surface area contributed by atoms with Gasteiger partial charge < -0.3 is 5.73 Å². The molecule has 16 heavy (non-hydrogen) atoms. The summed E-state index contributed by atoms with van der Waals surface area (Å²) in [7, 11) is 1.87. The predicted octanol–water partition coefficient (Wildman–Crippen LogP) is 0.796. The Bertz CT molecular complexity index is 304. The van der Waals surface area contributed by atoms with E-state index in [-0.39, 0.29) is 17.9 Å². The number of likely N-dealkylation sites (N-methyl/N-ethyl adjacent to an activating group) is 1. The van der Waals surface area contributed by atoms with E-state index < -0.39 is 0 Å². The van der Waals surface area contributed by atoms with Gasteiger partial charge in [-0.15, -0.1) is 17.5 Å². The molecule has 0 spiro atoms. The second-order valence-corrected chi connectivity index (χ2v) is 4.68. The standard InChI is InChI=1S/C10H21N5.ClH/c1-5-15(8-10(2,3)11)7-9-6-14(4)13-12-9;/h6H,5,7-8,11H2,1-4H3;1H. The topological polar surface area (TPSA) is 60.0 Å². The van der Waals surface area contributed by atoms with Gasteiger partial charge in [0, 0.05) is 31.9 Å². The highest BCUT2D eigenvalue weighted by Gasteiger charge is 2.16.